The number of rotatable bonds is 2. The van der Waals surface area contributed by atoms with Crippen LogP contribution in [0.4, 0.5) is 0 Å². The molecule has 1 atom stereocenters. The van der Waals surface area contributed by atoms with Crippen LogP contribution in [-0.2, 0) is 0 Å². The van der Waals surface area contributed by atoms with Gasteiger partial charge in [0.05, 0.1) is 0 Å². The topological polar surface area (TPSA) is 33.1 Å². The van der Waals surface area contributed by atoms with Gasteiger partial charge in [0.15, 0.2) is 0 Å². The van der Waals surface area contributed by atoms with E-state index in [4.69, 9.17) is 6.42 Å². The van der Waals surface area contributed by atoms with E-state index in [1.165, 1.54) is 11.3 Å². The van der Waals surface area contributed by atoms with Crippen LogP contribution in [0.25, 0.3) is 0 Å². The number of hydrogen-bond donors (Lipinski definition) is 1. The Morgan fingerprint density at radius 3 is 2.67 bits per heavy atom. The molecule has 1 unspecified atom stereocenters. The van der Waals surface area contributed by atoms with Gasteiger partial charge in [-0.15, -0.1) is 17.8 Å². The summed E-state index contributed by atoms with van der Waals surface area (Å²) < 4.78 is 0. The number of hydrogen-bond acceptors (Lipinski definition) is 3. The van der Waals surface area contributed by atoms with Crippen LogP contribution in [0.3, 0.4) is 0 Å². The number of aliphatic hydroxyl groups is 1. The zero-order valence-electron chi connectivity index (χ0n) is 7.92. The van der Waals surface area contributed by atoms with Gasteiger partial charge in [-0.2, -0.15) is 0 Å². The van der Waals surface area contributed by atoms with Crippen molar-refractivity contribution in [3.05, 3.63) is 52.0 Å². The molecule has 3 heteroatoms. The first kappa shape index (κ1) is 9.91. The molecule has 2 rings (SSSR count). The standard InChI is InChI=1S/C12H9NOS/c1-2-10-8-15-12(13-10)11(14)9-6-4-3-5-7-9/h1,3-8,11,14H. The van der Waals surface area contributed by atoms with Crippen molar-refractivity contribution in [1.82, 2.24) is 4.98 Å². The van der Waals surface area contributed by atoms with Gasteiger partial charge in [0.25, 0.3) is 0 Å². The van der Waals surface area contributed by atoms with E-state index >= 15 is 0 Å². The van der Waals surface area contributed by atoms with Gasteiger partial charge in [-0.1, -0.05) is 30.3 Å². The van der Waals surface area contributed by atoms with E-state index in [1.54, 1.807) is 5.38 Å². The molecule has 1 N–H and O–H groups in total. The Hall–Kier alpha value is -1.63. The SMILES string of the molecule is C#Cc1csc(C(O)c2ccccc2)n1. The Balaban J connectivity index is 2.29. The first-order valence-electron chi connectivity index (χ1n) is 4.46. The van der Waals surface area contributed by atoms with Gasteiger partial charge in [0.1, 0.15) is 16.8 Å². The van der Waals surface area contributed by atoms with Crippen LogP contribution in [0.2, 0.25) is 0 Å². The first-order chi connectivity index (χ1) is 7.31. The quantitative estimate of drug-likeness (QED) is 0.779. The minimum absolute atomic E-state index is 0.574. The second-order valence-electron chi connectivity index (χ2n) is 3.03. The van der Waals surface area contributed by atoms with Crippen molar-refractivity contribution in [2.75, 3.05) is 0 Å². The van der Waals surface area contributed by atoms with Crippen molar-refractivity contribution in [3.8, 4) is 12.3 Å². The second kappa shape index (κ2) is 4.26. The van der Waals surface area contributed by atoms with E-state index in [9.17, 15) is 5.11 Å². The van der Waals surface area contributed by atoms with Gasteiger partial charge >= 0.3 is 0 Å². The van der Waals surface area contributed by atoms with Crippen LogP contribution in [0, 0.1) is 12.3 Å². The normalized spacial score (nSPS) is 12.0. The fraction of sp³-hybridized carbons (Fsp3) is 0.0833. The maximum atomic E-state index is 9.98. The van der Waals surface area contributed by atoms with Crippen molar-refractivity contribution in [2.24, 2.45) is 0 Å². The molecule has 2 aromatic rings. The zero-order valence-corrected chi connectivity index (χ0v) is 8.74. The third-order valence-corrected chi connectivity index (χ3v) is 2.92. The molecule has 1 heterocycles. The number of benzene rings is 1. The molecule has 1 aromatic heterocycles. The monoisotopic (exact) mass is 215 g/mol. The summed E-state index contributed by atoms with van der Waals surface area (Å²) >= 11 is 1.37. The zero-order chi connectivity index (χ0) is 10.7. The minimum Gasteiger partial charge on any atom is -0.381 e. The van der Waals surface area contributed by atoms with Gasteiger partial charge < -0.3 is 5.11 Å². The summed E-state index contributed by atoms with van der Waals surface area (Å²) in [5, 5.41) is 12.4. The second-order valence-corrected chi connectivity index (χ2v) is 3.92. The molecule has 0 aliphatic heterocycles. The summed E-state index contributed by atoms with van der Waals surface area (Å²) in [5.74, 6) is 2.44. The highest BCUT2D eigenvalue weighted by Crippen LogP contribution is 2.24. The third-order valence-electron chi connectivity index (χ3n) is 2.02. The van der Waals surface area contributed by atoms with E-state index in [0.29, 0.717) is 10.7 Å². The van der Waals surface area contributed by atoms with Gasteiger partial charge in [-0.25, -0.2) is 4.98 Å². The van der Waals surface area contributed by atoms with E-state index in [2.05, 4.69) is 10.9 Å². The smallest absolute Gasteiger partial charge is 0.131 e. The fourth-order valence-corrected chi connectivity index (χ4v) is 2.03. The molecule has 0 aliphatic carbocycles. The van der Waals surface area contributed by atoms with Crippen molar-refractivity contribution in [3.63, 3.8) is 0 Å². The van der Waals surface area contributed by atoms with Crippen LogP contribution in [0.15, 0.2) is 35.7 Å². The van der Waals surface area contributed by atoms with Crippen LogP contribution >= 0.6 is 11.3 Å². The summed E-state index contributed by atoms with van der Waals surface area (Å²) in [4.78, 5) is 4.14. The first-order valence-corrected chi connectivity index (χ1v) is 5.34. The molecule has 2 nitrogen and oxygen atoms in total. The van der Waals surface area contributed by atoms with E-state index in [-0.39, 0.29) is 0 Å². The van der Waals surface area contributed by atoms with Crippen molar-refractivity contribution in [1.29, 1.82) is 0 Å². The number of aliphatic hydroxyl groups excluding tert-OH is 1. The minimum atomic E-state index is -0.682. The number of nitrogens with zero attached hydrogens (tertiary/aromatic N) is 1. The molecule has 0 spiro atoms. The highest BCUT2D eigenvalue weighted by atomic mass is 32.1. The average Bonchev–Trinajstić information content (AvgIpc) is 2.78. The third kappa shape index (κ3) is 2.07. The highest BCUT2D eigenvalue weighted by molar-refractivity contribution is 7.09. The Morgan fingerprint density at radius 1 is 1.33 bits per heavy atom. The maximum Gasteiger partial charge on any atom is 0.131 e. The van der Waals surface area contributed by atoms with Gasteiger partial charge in [0, 0.05) is 5.38 Å². The van der Waals surface area contributed by atoms with Crippen LogP contribution < -0.4 is 0 Å². The summed E-state index contributed by atoms with van der Waals surface area (Å²) in [5.41, 5.74) is 1.40. The molecule has 1 aromatic carbocycles. The van der Waals surface area contributed by atoms with Gasteiger partial charge in [0.2, 0.25) is 0 Å². The van der Waals surface area contributed by atoms with Crippen LogP contribution in [0.5, 0.6) is 0 Å². The van der Waals surface area contributed by atoms with E-state index in [0.717, 1.165) is 5.56 Å². The number of thiazole rings is 1. The molecule has 0 saturated carbocycles. The largest absolute Gasteiger partial charge is 0.381 e. The predicted octanol–water partition coefficient (Wildman–Crippen LogP) is 2.21. The molecule has 0 radical (unpaired) electrons. The Morgan fingerprint density at radius 2 is 2.07 bits per heavy atom. The van der Waals surface area contributed by atoms with E-state index in [1.807, 2.05) is 30.3 Å². The summed E-state index contributed by atoms with van der Waals surface area (Å²) in [7, 11) is 0. The average molecular weight is 215 g/mol. The van der Waals surface area contributed by atoms with Crippen LogP contribution in [-0.4, -0.2) is 10.1 Å². The van der Waals surface area contributed by atoms with Crippen molar-refractivity contribution < 1.29 is 5.11 Å². The summed E-state index contributed by atoms with van der Waals surface area (Å²) in [6.07, 6.45) is 4.53. The molecule has 0 saturated heterocycles. The lowest BCUT2D eigenvalue weighted by Gasteiger charge is -2.06. The van der Waals surface area contributed by atoms with E-state index < -0.39 is 6.10 Å². The Bertz CT molecular complexity index is 484. The van der Waals surface area contributed by atoms with Crippen molar-refractivity contribution in [2.45, 2.75) is 6.10 Å². The summed E-state index contributed by atoms with van der Waals surface area (Å²) in [6, 6.07) is 9.40. The molecule has 0 aliphatic rings. The number of aromatic nitrogens is 1. The van der Waals surface area contributed by atoms with Gasteiger partial charge in [-0.3, -0.25) is 0 Å². The molecule has 15 heavy (non-hydrogen) atoms. The highest BCUT2D eigenvalue weighted by Gasteiger charge is 2.13. The lowest BCUT2D eigenvalue weighted by atomic mass is 10.1. The molecule has 0 fully saturated rings. The summed E-state index contributed by atoms with van der Waals surface area (Å²) in [6.45, 7) is 0. The van der Waals surface area contributed by atoms with Gasteiger partial charge in [-0.05, 0) is 11.5 Å². The van der Waals surface area contributed by atoms with Crippen molar-refractivity contribution >= 4 is 11.3 Å². The molecular formula is C12H9NOS. The molecule has 74 valence electrons. The maximum absolute atomic E-state index is 9.98. The molecular weight excluding hydrogens is 206 g/mol. The lowest BCUT2D eigenvalue weighted by Crippen LogP contribution is -1.98. The Kier molecular flexibility index (Phi) is 2.82. The molecule has 0 bridgehead atoms. The molecule has 0 amide bonds. The number of terminal acetylenes is 1. The predicted molar refractivity (Wildman–Crippen MR) is 60.6 cm³/mol. The van der Waals surface area contributed by atoms with Crippen LogP contribution in [0.1, 0.15) is 22.4 Å². The Labute approximate surface area is 92.2 Å². The fourth-order valence-electron chi connectivity index (χ4n) is 1.26. The lowest BCUT2D eigenvalue weighted by molar-refractivity contribution is 0.219.